The summed E-state index contributed by atoms with van der Waals surface area (Å²) >= 11 is 0. The maximum atomic E-state index is 13.5. The van der Waals surface area contributed by atoms with Crippen molar-refractivity contribution in [2.45, 2.75) is 32.6 Å². The number of rotatable bonds is 6. The molecular formula is C23H27FN4O3. The van der Waals surface area contributed by atoms with Crippen molar-refractivity contribution in [2.75, 3.05) is 31.7 Å². The van der Waals surface area contributed by atoms with Gasteiger partial charge in [-0.05, 0) is 55.0 Å². The van der Waals surface area contributed by atoms with Crippen molar-refractivity contribution in [1.29, 1.82) is 0 Å². The first kappa shape index (κ1) is 21.2. The highest BCUT2D eigenvalue weighted by Gasteiger charge is 2.27. The third kappa shape index (κ3) is 4.12. The number of carbonyl (C=O) groups is 1. The lowest BCUT2D eigenvalue weighted by atomic mass is 9.96. The number of fused-ring (bicyclic) bond motifs is 1. The van der Waals surface area contributed by atoms with Gasteiger partial charge >= 0.3 is 5.97 Å². The number of aromatic nitrogens is 3. The van der Waals surface area contributed by atoms with Gasteiger partial charge in [0.2, 0.25) is 0 Å². The molecule has 31 heavy (non-hydrogen) atoms. The Morgan fingerprint density at radius 3 is 2.52 bits per heavy atom. The number of methoxy groups -OCH3 is 1. The zero-order valence-electron chi connectivity index (χ0n) is 18.0. The summed E-state index contributed by atoms with van der Waals surface area (Å²) in [6, 6.07) is 7.62. The molecule has 0 saturated carbocycles. The van der Waals surface area contributed by atoms with E-state index in [1.54, 1.807) is 30.0 Å². The number of ether oxygens (including phenoxy) is 1. The van der Waals surface area contributed by atoms with E-state index in [4.69, 9.17) is 9.84 Å². The molecule has 0 spiro atoms. The Balaban J connectivity index is 1.89. The molecule has 1 aliphatic heterocycles. The minimum atomic E-state index is -1.09. The number of carboxylic acid groups (broad SMARTS) is 1. The fourth-order valence-corrected chi connectivity index (χ4v) is 4.22. The maximum Gasteiger partial charge on any atom is 0.354 e. The summed E-state index contributed by atoms with van der Waals surface area (Å²) in [6.45, 7) is 6.46. The van der Waals surface area contributed by atoms with Crippen LogP contribution >= 0.6 is 0 Å². The van der Waals surface area contributed by atoms with Crippen molar-refractivity contribution in [2.24, 2.45) is 5.92 Å². The molecule has 0 amide bonds. The minimum absolute atomic E-state index is 0.0277. The highest BCUT2D eigenvalue weighted by atomic mass is 19.1. The van der Waals surface area contributed by atoms with Gasteiger partial charge in [-0.1, -0.05) is 13.8 Å². The summed E-state index contributed by atoms with van der Waals surface area (Å²) < 4.78 is 20.4. The van der Waals surface area contributed by atoms with E-state index in [1.165, 1.54) is 12.1 Å². The lowest BCUT2D eigenvalue weighted by Gasteiger charge is -2.34. The minimum Gasteiger partial charge on any atom is -0.477 e. The molecule has 2 aromatic heterocycles. The van der Waals surface area contributed by atoms with Gasteiger partial charge in [0, 0.05) is 26.8 Å². The molecule has 7 nitrogen and oxygen atoms in total. The number of benzene rings is 1. The van der Waals surface area contributed by atoms with Crippen LogP contribution in [0.1, 0.15) is 48.8 Å². The van der Waals surface area contributed by atoms with Gasteiger partial charge < -0.3 is 14.7 Å². The van der Waals surface area contributed by atoms with Crippen molar-refractivity contribution in [3.8, 4) is 5.69 Å². The number of anilines is 1. The average Bonchev–Trinajstić information content (AvgIpc) is 3.14. The van der Waals surface area contributed by atoms with Crippen LogP contribution in [0.25, 0.3) is 16.7 Å². The summed E-state index contributed by atoms with van der Waals surface area (Å²) in [4.78, 5) is 18.5. The van der Waals surface area contributed by atoms with Crippen molar-refractivity contribution in [3.63, 3.8) is 0 Å². The van der Waals surface area contributed by atoms with E-state index in [0.717, 1.165) is 49.3 Å². The SMILES string of the molecule is COCC1CCN(c2cc(C(=O)O)nc3c2c(C(C)C)nn3-c2ccc(F)cc2)CC1. The van der Waals surface area contributed by atoms with Crippen LogP contribution in [0.2, 0.25) is 0 Å². The van der Waals surface area contributed by atoms with E-state index < -0.39 is 5.97 Å². The monoisotopic (exact) mass is 426 g/mol. The molecule has 3 aromatic rings. The summed E-state index contributed by atoms with van der Waals surface area (Å²) in [7, 11) is 1.72. The maximum absolute atomic E-state index is 13.5. The zero-order chi connectivity index (χ0) is 22.1. The van der Waals surface area contributed by atoms with Crippen LogP contribution in [-0.4, -0.2) is 52.6 Å². The highest BCUT2D eigenvalue weighted by molar-refractivity contribution is 5.98. The van der Waals surface area contributed by atoms with Crippen LogP contribution in [0.4, 0.5) is 10.1 Å². The number of aromatic carboxylic acids is 1. The van der Waals surface area contributed by atoms with Crippen LogP contribution in [0, 0.1) is 11.7 Å². The number of nitrogens with zero attached hydrogens (tertiary/aromatic N) is 4. The quantitative estimate of drug-likeness (QED) is 0.635. The molecule has 4 rings (SSSR count). The number of hydrogen-bond donors (Lipinski definition) is 1. The first-order valence-electron chi connectivity index (χ1n) is 10.6. The number of hydrogen-bond acceptors (Lipinski definition) is 5. The van der Waals surface area contributed by atoms with E-state index in [2.05, 4.69) is 23.7 Å². The molecule has 1 fully saturated rings. The second kappa shape index (κ2) is 8.63. The third-order valence-electron chi connectivity index (χ3n) is 5.84. The first-order valence-corrected chi connectivity index (χ1v) is 10.6. The molecule has 0 aliphatic carbocycles. The largest absolute Gasteiger partial charge is 0.477 e. The second-order valence-corrected chi connectivity index (χ2v) is 8.34. The summed E-state index contributed by atoms with van der Waals surface area (Å²) in [6.07, 6.45) is 1.95. The second-order valence-electron chi connectivity index (χ2n) is 8.34. The van der Waals surface area contributed by atoms with Gasteiger partial charge in [-0.15, -0.1) is 0 Å². The Morgan fingerprint density at radius 1 is 1.26 bits per heavy atom. The lowest BCUT2D eigenvalue weighted by molar-refractivity contribution is 0.0691. The molecule has 1 N–H and O–H groups in total. The van der Waals surface area contributed by atoms with Crippen LogP contribution in [0.3, 0.4) is 0 Å². The Kier molecular flexibility index (Phi) is 5.91. The molecule has 0 atom stereocenters. The Morgan fingerprint density at radius 2 is 1.94 bits per heavy atom. The molecule has 8 heteroatoms. The molecule has 3 heterocycles. The zero-order valence-corrected chi connectivity index (χ0v) is 18.0. The number of carboxylic acids is 1. The smallest absolute Gasteiger partial charge is 0.354 e. The predicted octanol–water partition coefficient (Wildman–Crippen LogP) is 4.24. The van der Waals surface area contributed by atoms with Crippen LogP contribution < -0.4 is 4.90 Å². The van der Waals surface area contributed by atoms with Gasteiger partial charge in [0.15, 0.2) is 11.3 Å². The first-order chi connectivity index (χ1) is 14.9. The number of halogens is 1. The number of pyridine rings is 1. The van der Waals surface area contributed by atoms with E-state index in [0.29, 0.717) is 17.3 Å². The molecule has 164 valence electrons. The summed E-state index contributed by atoms with van der Waals surface area (Å²) in [5, 5.41) is 15.4. The van der Waals surface area contributed by atoms with Crippen LogP contribution in [0.5, 0.6) is 0 Å². The molecular weight excluding hydrogens is 399 g/mol. The molecule has 0 unspecified atom stereocenters. The molecule has 0 bridgehead atoms. The normalized spacial score (nSPS) is 15.2. The fraction of sp³-hybridized carbons (Fsp3) is 0.435. The standard InChI is InChI=1S/C23H27FN4O3/c1-14(2)21-20-19(27-10-8-15(9-11-27)13-31-3)12-18(23(29)30)25-22(20)28(26-21)17-6-4-16(24)5-7-17/h4-7,12,14-15H,8-11,13H2,1-3H3,(H,29,30). The van der Waals surface area contributed by atoms with Crippen molar-refractivity contribution in [3.05, 3.63) is 47.5 Å². The van der Waals surface area contributed by atoms with Gasteiger partial charge in [0.05, 0.1) is 22.5 Å². The van der Waals surface area contributed by atoms with E-state index in [1.807, 2.05) is 0 Å². The van der Waals surface area contributed by atoms with Gasteiger partial charge in [0.1, 0.15) is 5.82 Å². The van der Waals surface area contributed by atoms with Gasteiger partial charge in [-0.25, -0.2) is 18.9 Å². The number of piperidine rings is 1. The van der Waals surface area contributed by atoms with Crippen LogP contribution in [-0.2, 0) is 4.74 Å². The van der Waals surface area contributed by atoms with Gasteiger partial charge in [-0.3, -0.25) is 0 Å². The van der Waals surface area contributed by atoms with Gasteiger partial charge in [-0.2, -0.15) is 5.10 Å². The Hall–Kier alpha value is -3.00. The van der Waals surface area contributed by atoms with Crippen molar-refractivity contribution < 1.29 is 19.0 Å². The Bertz CT molecular complexity index is 1090. The van der Waals surface area contributed by atoms with E-state index >= 15 is 0 Å². The molecule has 0 radical (unpaired) electrons. The molecule has 1 aliphatic rings. The lowest BCUT2D eigenvalue weighted by Crippen LogP contribution is -2.35. The van der Waals surface area contributed by atoms with Gasteiger partial charge in [0.25, 0.3) is 0 Å². The topological polar surface area (TPSA) is 80.5 Å². The summed E-state index contributed by atoms with van der Waals surface area (Å²) in [5.74, 6) is -0.825. The predicted molar refractivity (Wildman–Crippen MR) is 117 cm³/mol. The third-order valence-corrected chi connectivity index (χ3v) is 5.84. The molecule has 1 aromatic carbocycles. The van der Waals surface area contributed by atoms with E-state index in [9.17, 15) is 14.3 Å². The molecule has 1 saturated heterocycles. The van der Waals surface area contributed by atoms with Crippen molar-refractivity contribution in [1.82, 2.24) is 14.8 Å². The van der Waals surface area contributed by atoms with Crippen LogP contribution in [0.15, 0.2) is 30.3 Å². The average molecular weight is 426 g/mol. The summed E-state index contributed by atoms with van der Waals surface area (Å²) in [5.41, 5.74) is 2.77. The highest BCUT2D eigenvalue weighted by Crippen LogP contribution is 2.36. The Labute approximate surface area is 180 Å². The van der Waals surface area contributed by atoms with E-state index in [-0.39, 0.29) is 17.4 Å². The van der Waals surface area contributed by atoms with Crippen molar-refractivity contribution >= 4 is 22.7 Å². The fourth-order valence-electron chi connectivity index (χ4n) is 4.22.